The molecule has 7 heteroatoms. The Morgan fingerprint density at radius 1 is 1.43 bits per heavy atom. The number of aromatic nitrogens is 2. The van der Waals surface area contributed by atoms with Crippen LogP contribution >= 0.6 is 15.9 Å². The van der Waals surface area contributed by atoms with Gasteiger partial charge in [-0.1, -0.05) is 0 Å². The molecule has 1 aromatic heterocycles. The van der Waals surface area contributed by atoms with E-state index in [0.29, 0.717) is 29.8 Å². The maximum Gasteiger partial charge on any atom is 0.416 e. The van der Waals surface area contributed by atoms with Crippen molar-refractivity contribution in [3.8, 4) is 0 Å². The first kappa shape index (κ1) is 16.1. The van der Waals surface area contributed by atoms with E-state index in [2.05, 4.69) is 26.1 Å². The molecule has 21 heavy (non-hydrogen) atoms. The van der Waals surface area contributed by atoms with Crippen LogP contribution in [0.2, 0.25) is 0 Å². The van der Waals surface area contributed by atoms with Gasteiger partial charge in [0.15, 0.2) is 5.82 Å². The number of amides is 1. The molecule has 1 amide bonds. The third kappa shape index (κ3) is 4.62. The van der Waals surface area contributed by atoms with Crippen LogP contribution in [0.3, 0.4) is 0 Å². The highest BCUT2D eigenvalue weighted by Crippen LogP contribution is 2.32. The van der Waals surface area contributed by atoms with Gasteiger partial charge in [-0.15, -0.1) is 10.2 Å². The normalized spacial score (nSPS) is 21.6. The van der Waals surface area contributed by atoms with Gasteiger partial charge in [-0.3, -0.25) is 4.90 Å². The topological polar surface area (TPSA) is 55.3 Å². The molecule has 0 N–H and O–H groups in total. The minimum atomic E-state index is -0.758. The van der Waals surface area contributed by atoms with E-state index in [1.807, 2.05) is 0 Å². The molecule has 1 aliphatic rings. The molecule has 0 bridgehead atoms. The van der Waals surface area contributed by atoms with Crippen molar-refractivity contribution in [3.05, 3.63) is 16.7 Å². The fourth-order valence-corrected chi connectivity index (χ4v) is 2.30. The summed E-state index contributed by atoms with van der Waals surface area (Å²) in [5, 5.41) is 7.88. The molecular formula is C14H19BrFN3O2. The molecule has 116 valence electrons. The van der Waals surface area contributed by atoms with Crippen molar-refractivity contribution in [1.82, 2.24) is 10.2 Å². The van der Waals surface area contributed by atoms with E-state index in [0.717, 1.165) is 0 Å². The fraction of sp³-hybridized carbons (Fsp3) is 0.643. The van der Waals surface area contributed by atoms with Crippen LogP contribution in [0.15, 0.2) is 16.7 Å². The first-order chi connectivity index (χ1) is 9.74. The average molecular weight is 360 g/mol. The minimum absolute atomic E-state index is 0.137. The summed E-state index contributed by atoms with van der Waals surface area (Å²) in [6, 6.07) is 3.39. The van der Waals surface area contributed by atoms with Gasteiger partial charge in [0.1, 0.15) is 16.4 Å². The molecule has 0 atom stereocenters. The number of ether oxygens (including phenoxy) is 1. The summed E-state index contributed by atoms with van der Waals surface area (Å²) in [5.74, 6) is 0.549. The van der Waals surface area contributed by atoms with Crippen molar-refractivity contribution in [2.24, 2.45) is 5.92 Å². The van der Waals surface area contributed by atoms with Gasteiger partial charge in [-0.2, -0.15) is 0 Å². The molecule has 1 fully saturated rings. The Kier molecular flexibility index (Phi) is 4.81. The van der Waals surface area contributed by atoms with Crippen LogP contribution in [-0.4, -0.2) is 34.6 Å². The number of carbonyl (C=O) groups is 1. The van der Waals surface area contributed by atoms with Gasteiger partial charge in [-0.05, 0) is 67.6 Å². The Morgan fingerprint density at radius 3 is 2.57 bits per heavy atom. The Hall–Kier alpha value is -1.24. The number of rotatable bonds is 3. The average Bonchev–Trinajstić information content (AvgIpc) is 2.32. The lowest BCUT2D eigenvalue weighted by Gasteiger charge is -2.34. The van der Waals surface area contributed by atoms with Crippen LogP contribution in [0.1, 0.15) is 33.6 Å². The van der Waals surface area contributed by atoms with E-state index in [1.54, 1.807) is 32.9 Å². The molecule has 0 unspecified atom stereocenters. The highest BCUT2D eigenvalue weighted by molar-refractivity contribution is 9.10. The van der Waals surface area contributed by atoms with Crippen molar-refractivity contribution in [2.45, 2.75) is 45.4 Å². The monoisotopic (exact) mass is 359 g/mol. The van der Waals surface area contributed by atoms with Crippen LogP contribution in [0.4, 0.5) is 15.0 Å². The summed E-state index contributed by atoms with van der Waals surface area (Å²) in [6.45, 7) is 5.80. The van der Waals surface area contributed by atoms with Crippen molar-refractivity contribution < 1.29 is 13.9 Å². The van der Waals surface area contributed by atoms with Crippen molar-refractivity contribution in [1.29, 1.82) is 0 Å². The first-order valence-electron chi connectivity index (χ1n) is 6.88. The van der Waals surface area contributed by atoms with E-state index >= 15 is 0 Å². The molecule has 1 heterocycles. The van der Waals surface area contributed by atoms with Gasteiger partial charge in [0.25, 0.3) is 0 Å². The lowest BCUT2D eigenvalue weighted by atomic mass is 9.83. The van der Waals surface area contributed by atoms with Gasteiger partial charge in [0.2, 0.25) is 0 Å². The second kappa shape index (κ2) is 6.25. The van der Waals surface area contributed by atoms with E-state index in [4.69, 9.17) is 4.74 Å². The molecule has 5 nitrogen and oxygen atoms in total. The maximum absolute atomic E-state index is 13.0. The van der Waals surface area contributed by atoms with Crippen molar-refractivity contribution in [2.75, 3.05) is 11.4 Å². The highest BCUT2D eigenvalue weighted by atomic mass is 79.9. The van der Waals surface area contributed by atoms with E-state index in [1.165, 1.54) is 4.90 Å². The lowest BCUT2D eigenvalue weighted by molar-refractivity contribution is 0.0548. The number of nitrogens with zero attached hydrogens (tertiary/aromatic N) is 3. The fourth-order valence-electron chi connectivity index (χ4n) is 2.09. The van der Waals surface area contributed by atoms with Crippen LogP contribution in [0.5, 0.6) is 0 Å². The van der Waals surface area contributed by atoms with Crippen LogP contribution in [0, 0.1) is 5.92 Å². The number of halogens is 2. The number of anilines is 1. The van der Waals surface area contributed by atoms with Crippen LogP contribution in [0.25, 0.3) is 0 Å². The number of hydrogen-bond donors (Lipinski definition) is 0. The SMILES string of the molecule is CC(C)(C)OC(=O)N(CC1CC(F)C1)c1ccc(Br)nn1. The molecule has 1 aliphatic carbocycles. The predicted octanol–water partition coefficient (Wildman–Crippen LogP) is 3.73. The second-order valence-electron chi connectivity index (χ2n) is 6.24. The lowest BCUT2D eigenvalue weighted by Crippen LogP contribution is -2.43. The predicted molar refractivity (Wildman–Crippen MR) is 80.9 cm³/mol. The molecule has 0 aliphatic heterocycles. The molecule has 0 aromatic carbocycles. The zero-order chi connectivity index (χ0) is 15.6. The Balaban J connectivity index is 2.13. The van der Waals surface area contributed by atoms with E-state index in [-0.39, 0.29) is 5.92 Å². The van der Waals surface area contributed by atoms with Crippen LogP contribution < -0.4 is 4.90 Å². The molecule has 1 aromatic rings. The Labute approximate surface area is 132 Å². The van der Waals surface area contributed by atoms with Crippen molar-refractivity contribution >= 4 is 27.8 Å². The third-order valence-electron chi connectivity index (χ3n) is 3.13. The smallest absolute Gasteiger partial charge is 0.416 e. The number of hydrogen-bond acceptors (Lipinski definition) is 4. The first-order valence-corrected chi connectivity index (χ1v) is 7.68. The Bertz CT molecular complexity index is 498. The standard InChI is InChI=1S/C14H19BrFN3O2/c1-14(2,3)21-13(20)19(8-9-6-10(16)7-9)12-5-4-11(15)17-18-12/h4-5,9-10H,6-8H2,1-3H3. The number of carbonyl (C=O) groups excluding carboxylic acids is 1. The zero-order valence-corrected chi connectivity index (χ0v) is 13.9. The highest BCUT2D eigenvalue weighted by Gasteiger charge is 2.34. The Morgan fingerprint density at radius 2 is 2.10 bits per heavy atom. The van der Waals surface area contributed by atoms with Gasteiger partial charge >= 0.3 is 6.09 Å². The van der Waals surface area contributed by atoms with E-state index < -0.39 is 17.9 Å². The molecular weight excluding hydrogens is 341 g/mol. The van der Waals surface area contributed by atoms with Crippen LogP contribution in [-0.2, 0) is 4.74 Å². The quantitative estimate of drug-likeness (QED) is 0.824. The summed E-state index contributed by atoms with van der Waals surface area (Å²) in [4.78, 5) is 13.8. The third-order valence-corrected chi connectivity index (χ3v) is 3.55. The molecule has 2 rings (SSSR count). The summed E-state index contributed by atoms with van der Waals surface area (Å²) >= 11 is 3.21. The molecule has 0 spiro atoms. The molecule has 0 saturated heterocycles. The second-order valence-corrected chi connectivity index (χ2v) is 7.05. The van der Waals surface area contributed by atoms with Gasteiger partial charge < -0.3 is 4.74 Å². The molecule has 1 saturated carbocycles. The van der Waals surface area contributed by atoms with Gasteiger partial charge in [0.05, 0.1) is 0 Å². The van der Waals surface area contributed by atoms with E-state index in [9.17, 15) is 9.18 Å². The summed E-state index contributed by atoms with van der Waals surface area (Å²) in [6.07, 6.45) is -0.292. The van der Waals surface area contributed by atoms with Gasteiger partial charge in [0, 0.05) is 6.54 Å². The van der Waals surface area contributed by atoms with Gasteiger partial charge in [-0.25, -0.2) is 9.18 Å². The number of alkyl halides is 1. The largest absolute Gasteiger partial charge is 0.443 e. The summed E-state index contributed by atoms with van der Waals surface area (Å²) in [5.41, 5.74) is -0.597. The summed E-state index contributed by atoms with van der Waals surface area (Å²) in [7, 11) is 0. The zero-order valence-electron chi connectivity index (χ0n) is 12.3. The maximum atomic E-state index is 13.0. The van der Waals surface area contributed by atoms with Crippen molar-refractivity contribution in [3.63, 3.8) is 0 Å². The molecule has 0 radical (unpaired) electrons. The summed E-state index contributed by atoms with van der Waals surface area (Å²) < 4.78 is 19.0. The minimum Gasteiger partial charge on any atom is -0.443 e.